The van der Waals surface area contributed by atoms with Gasteiger partial charge in [-0.05, 0) is 36.8 Å². The topological polar surface area (TPSA) is 35.5 Å². The van der Waals surface area contributed by atoms with Crippen molar-refractivity contribution >= 4 is 5.97 Å². The van der Waals surface area contributed by atoms with Gasteiger partial charge in [0.15, 0.2) is 0 Å². The maximum atomic E-state index is 11.9. The van der Waals surface area contributed by atoms with Crippen molar-refractivity contribution in [1.29, 1.82) is 0 Å². The second-order valence-corrected chi connectivity index (χ2v) is 3.98. The van der Waals surface area contributed by atoms with Crippen molar-refractivity contribution in [1.82, 2.24) is 0 Å². The van der Waals surface area contributed by atoms with Gasteiger partial charge in [0, 0.05) is 0 Å². The number of halogens is 3. The summed E-state index contributed by atoms with van der Waals surface area (Å²) in [6.07, 6.45) is -6.18. The molecule has 6 heteroatoms. The smallest absolute Gasteiger partial charge is 0.399 e. The van der Waals surface area contributed by atoms with Gasteiger partial charge in [0.25, 0.3) is 0 Å². The highest BCUT2D eigenvalue weighted by molar-refractivity contribution is 5.73. The average molecular weight is 274 g/mol. The lowest BCUT2D eigenvalue weighted by atomic mass is 10.3. The van der Waals surface area contributed by atoms with Crippen LogP contribution in [0.2, 0.25) is 0 Å². The van der Waals surface area contributed by atoms with E-state index >= 15 is 0 Å². The van der Waals surface area contributed by atoms with E-state index in [1.165, 1.54) is 24.3 Å². The first kappa shape index (κ1) is 15.1. The molecule has 104 valence electrons. The van der Waals surface area contributed by atoms with Gasteiger partial charge in [-0.15, -0.1) is 0 Å². The third-order valence-corrected chi connectivity index (χ3v) is 1.89. The van der Waals surface area contributed by atoms with Gasteiger partial charge in [0.1, 0.15) is 24.5 Å². The first-order valence-corrected chi connectivity index (χ1v) is 5.41. The van der Waals surface area contributed by atoms with Crippen LogP contribution in [0.3, 0.4) is 0 Å². The van der Waals surface area contributed by atoms with Crippen LogP contribution in [0.1, 0.15) is 13.3 Å². The number of alkyl halides is 3. The maximum absolute atomic E-state index is 11.9. The van der Waals surface area contributed by atoms with Crippen molar-refractivity contribution < 1.29 is 27.4 Å². The van der Waals surface area contributed by atoms with Gasteiger partial charge in [-0.1, -0.05) is 6.58 Å². The molecule has 0 unspecified atom stereocenters. The summed E-state index contributed by atoms with van der Waals surface area (Å²) in [5, 5.41) is 0. The number of esters is 1. The summed E-state index contributed by atoms with van der Waals surface area (Å²) >= 11 is 0. The maximum Gasteiger partial charge on any atom is 0.399 e. The molecule has 0 spiro atoms. The molecule has 19 heavy (non-hydrogen) atoms. The molecule has 1 aromatic carbocycles. The summed E-state index contributed by atoms with van der Waals surface area (Å²) in [6.45, 7) is 5.80. The number of ether oxygens (including phenoxy) is 2. The largest absolute Gasteiger partial charge is 0.489 e. The Morgan fingerprint density at radius 2 is 1.74 bits per heavy atom. The predicted octanol–water partition coefficient (Wildman–Crippen LogP) is 3.50. The minimum absolute atomic E-state index is 0.0388. The molecule has 0 aromatic heterocycles. The summed E-state index contributed by atoms with van der Waals surface area (Å²) in [5.41, 5.74) is 0.834. The summed E-state index contributed by atoms with van der Waals surface area (Å²) in [6, 6.07) is 5.72. The third kappa shape index (κ3) is 6.49. The molecular weight excluding hydrogens is 261 g/mol. The van der Waals surface area contributed by atoms with Crippen molar-refractivity contribution in [3.05, 3.63) is 36.4 Å². The van der Waals surface area contributed by atoms with Crippen LogP contribution in [0.15, 0.2) is 36.4 Å². The van der Waals surface area contributed by atoms with Gasteiger partial charge >= 0.3 is 12.1 Å². The number of hydrogen-bond acceptors (Lipinski definition) is 3. The van der Waals surface area contributed by atoms with Gasteiger partial charge in [0.2, 0.25) is 0 Å². The van der Waals surface area contributed by atoms with Crippen LogP contribution in [0.25, 0.3) is 0 Å². The molecule has 0 N–H and O–H groups in total. The van der Waals surface area contributed by atoms with Gasteiger partial charge in [-0.25, -0.2) is 0 Å². The molecule has 0 aliphatic rings. The van der Waals surface area contributed by atoms with Crippen LogP contribution in [-0.4, -0.2) is 18.8 Å². The van der Waals surface area contributed by atoms with E-state index in [1.54, 1.807) is 6.92 Å². The van der Waals surface area contributed by atoms with Crippen LogP contribution < -0.4 is 9.47 Å². The summed E-state index contributed by atoms with van der Waals surface area (Å²) in [7, 11) is 0. The molecule has 0 radical (unpaired) electrons. The van der Waals surface area contributed by atoms with Crippen molar-refractivity contribution in [2.75, 3.05) is 6.61 Å². The van der Waals surface area contributed by atoms with Crippen LogP contribution in [0.4, 0.5) is 13.2 Å². The zero-order chi connectivity index (χ0) is 14.5. The Bertz CT molecular complexity index is 449. The zero-order valence-electron chi connectivity index (χ0n) is 10.3. The average Bonchev–Trinajstić information content (AvgIpc) is 2.25. The number of rotatable bonds is 5. The van der Waals surface area contributed by atoms with E-state index in [-0.39, 0.29) is 5.75 Å². The van der Waals surface area contributed by atoms with Crippen molar-refractivity contribution in [3.8, 4) is 11.5 Å². The molecule has 0 amide bonds. The minimum atomic E-state index is -4.57. The lowest BCUT2D eigenvalue weighted by molar-refractivity contribution is -0.164. The Labute approximate surface area is 108 Å². The molecule has 0 aliphatic carbocycles. The minimum Gasteiger partial charge on any atom is -0.489 e. The molecular formula is C13H13F3O3. The Hall–Kier alpha value is -1.98. The molecule has 1 rings (SSSR count). The Kier molecular flexibility index (Phi) is 4.97. The second-order valence-electron chi connectivity index (χ2n) is 3.98. The van der Waals surface area contributed by atoms with Crippen LogP contribution in [0, 0.1) is 0 Å². The molecule has 0 saturated carbocycles. The number of hydrogen-bond donors (Lipinski definition) is 0. The van der Waals surface area contributed by atoms with E-state index in [4.69, 9.17) is 4.74 Å². The quantitative estimate of drug-likeness (QED) is 0.468. The second kappa shape index (κ2) is 6.26. The Morgan fingerprint density at radius 1 is 1.21 bits per heavy atom. The fraction of sp³-hybridized carbons (Fsp3) is 0.308. The summed E-state index contributed by atoms with van der Waals surface area (Å²) < 4.78 is 45.6. The van der Waals surface area contributed by atoms with Crippen LogP contribution in [-0.2, 0) is 4.79 Å². The monoisotopic (exact) mass is 274 g/mol. The molecule has 0 atom stereocenters. The fourth-order valence-corrected chi connectivity index (χ4v) is 1.14. The van der Waals surface area contributed by atoms with E-state index < -0.39 is 18.6 Å². The highest BCUT2D eigenvalue weighted by Gasteiger charge is 2.32. The Balaban J connectivity index is 2.52. The SMILES string of the molecule is C=C(C)COc1ccc(OC(=O)CC(F)(F)F)cc1. The number of carbonyl (C=O) groups excluding carboxylic acids is 1. The van der Waals surface area contributed by atoms with E-state index in [2.05, 4.69) is 11.3 Å². The van der Waals surface area contributed by atoms with Gasteiger partial charge in [-0.3, -0.25) is 4.79 Å². The third-order valence-electron chi connectivity index (χ3n) is 1.89. The molecule has 0 bridgehead atoms. The zero-order valence-corrected chi connectivity index (χ0v) is 10.3. The van der Waals surface area contributed by atoms with Gasteiger partial charge in [0.05, 0.1) is 0 Å². The Morgan fingerprint density at radius 3 is 2.21 bits per heavy atom. The highest BCUT2D eigenvalue weighted by Crippen LogP contribution is 2.22. The summed E-state index contributed by atoms with van der Waals surface area (Å²) in [4.78, 5) is 10.9. The standard InChI is InChI=1S/C13H13F3O3/c1-9(2)8-18-10-3-5-11(6-4-10)19-12(17)7-13(14,15)16/h3-6H,1,7-8H2,2H3. The normalized spacial score (nSPS) is 10.9. The number of carbonyl (C=O) groups is 1. The van der Waals surface area contributed by atoms with E-state index in [0.29, 0.717) is 12.4 Å². The molecule has 1 aromatic rings. The highest BCUT2D eigenvalue weighted by atomic mass is 19.4. The van der Waals surface area contributed by atoms with E-state index in [9.17, 15) is 18.0 Å². The molecule has 0 aliphatic heterocycles. The van der Waals surface area contributed by atoms with Crippen LogP contribution in [0.5, 0.6) is 11.5 Å². The lowest BCUT2D eigenvalue weighted by Gasteiger charge is -2.08. The first-order valence-electron chi connectivity index (χ1n) is 5.41. The van der Waals surface area contributed by atoms with Crippen molar-refractivity contribution in [3.63, 3.8) is 0 Å². The van der Waals surface area contributed by atoms with Gasteiger partial charge in [-0.2, -0.15) is 13.2 Å². The van der Waals surface area contributed by atoms with Crippen molar-refractivity contribution in [2.45, 2.75) is 19.5 Å². The summed E-state index contributed by atoms with van der Waals surface area (Å²) in [5.74, 6) is -0.793. The van der Waals surface area contributed by atoms with E-state index in [0.717, 1.165) is 5.57 Å². The van der Waals surface area contributed by atoms with Crippen molar-refractivity contribution in [2.24, 2.45) is 0 Å². The number of benzene rings is 1. The lowest BCUT2D eigenvalue weighted by Crippen LogP contribution is -2.19. The van der Waals surface area contributed by atoms with E-state index in [1.807, 2.05) is 0 Å². The molecule has 0 heterocycles. The first-order chi connectivity index (χ1) is 8.76. The predicted molar refractivity (Wildman–Crippen MR) is 63.1 cm³/mol. The fourth-order valence-electron chi connectivity index (χ4n) is 1.14. The van der Waals surface area contributed by atoms with Gasteiger partial charge < -0.3 is 9.47 Å². The molecule has 0 saturated heterocycles. The molecule has 0 fully saturated rings. The molecule has 3 nitrogen and oxygen atoms in total. The van der Waals surface area contributed by atoms with Crippen LogP contribution >= 0.6 is 0 Å².